The maximum atomic E-state index is 13.0. The molecular weight excluding hydrogens is 265 g/mol. The van der Waals surface area contributed by atoms with Crippen LogP contribution in [0.1, 0.15) is 26.7 Å². The van der Waals surface area contributed by atoms with Gasteiger partial charge in [0.05, 0.1) is 17.1 Å². The summed E-state index contributed by atoms with van der Waals surface area (Å²) in [5, 5.41) is 22.3. The van der Waals surface area contributed by atoms with E-state index in [9.17, 15) is 19.3 Å². The second-order valence-electron chi connectivity index (χ2n) is 4.27. The Morgan fingerprint density at radius 1 is 1.50 bits per heavy atom. The molecule has 0 radical (unpaired) electrons. The Morgan fingerprint density at radius 3 is 2.55 bits per heavy atom. The second-order valence-corrected chi connectivity index (χ2v) is 4.27. The molecule has 1 amide bonds. The Morgan fingerprint density at radius 2 is 2.10 bits per heavy atom. The molecule has 1 rings (SSSR count). The molecule has 0 saturated heterocycles. The number of amides is 1. The maximum Gasteiger partial charge on any atom is 0.295 e. The van der Waals surface area contributed by atoms with Crippen LogP contribution < -0.4 is 5.32 Å². The van der Waals surface area contributed by atoms with Crippen molar-refractivity contribution >= 4 is 17.3 Å². The van der Waals surface area contributed by atoms with Crippen molar-refractivity contribution in [2.75, 3.05) is 5.32 Å². The van der Waals surface area contributed by atoms with Gasteiger partial charge in [0.15, 0.2) is 0 Å². The summed E-state index contributed by atoms with van der Waals surface area (Å²) < 4.78 is 13.0. The monoisotopic (exact) mass is 279 g/mol. The Balaban J connectivity index is 3.14. The molecule has 0 bridgehead atoms. The Bertz CT molecular complexity index is 577. The van der Waals surface area contributed by atoms with Crippen molar-refractivity contribution < 1.29 is 14.1 Å². The molecule has 0 unspecified atom stereocenters. The van der Waals surface area contributed by atoms with Gasteiger partial charge in [-0.3, -0.25) is 14.9 Å². The van der Waals surface area contributed by atoms with E-state index in [0.717, 1.165) is 18.2 Å². The van der Waals surface area contributed by atoms with Crippen LogP contribution in [0, 0.1) is 32.7 Å². The second kappa shape index (κ2) is 6.10. The fourth-order valence-electron chi connectivity index (χ4n) is 1.78. The number of benzene rings is 1. The summed E-state index contributed by atoms with van der Waals surface area (Å²) in [6.45, 7) is 3.37. The van der Waals surface area contributed by atoms with E-state index in [1.165, 1.54) is 0 Å². The van der Waals surface area contributed by atoms with Gasteiger partial charge in [-0.25, -0.2) is 4.39 Å². The van der Waals surface area contributed by atoms with E-state index in [1.807, 2.05) is 6.07 Å². The molecule has 0 fully saturated rings. The lowest BCUT2D eigenvalue weighted by Crippen LogP contribution is -2.34. The molecule has 6 nitrogen and oxygen atoms in total. The third-order valence-electron chi connectivity index (χ3n) is 3.26. The summed E-state index contributed by atoms with van der Waals surface area (Å²) in [5.41, 5.74) is -1.91. The van der Waals surface area contributed by atoms with E-state index in [2.05, 4.69) is 5.32 Å². The molecule has 106 valence electrons. The maximum absolute atomic E-state index is 13.0. The normalized spacial score (nSPS) is 10.7. The fourth-order valence-corrected chi connectivity index (χ4v) is 1.78. The minimum Gasteiger partial charge on any atom is -0.319 e. The number of carbonyl (C=O) groups is 1. The van der Waals surface area contributed by atoms with Crippen LogP contribution in [-0.4, -0.2) is 10.8 Å². The molecule has 0 aliphatic heterocycles. The number of hydrogen-bond donors (Lipinski definition) is 1. The highest BCUT2D eigenvalue weighted by Gasteiger charge is 2.36. The lowest BCUT2D eigenvalue weighted by Gasteiger charge is -2.21. The van der Waals surface area contributed by atoms with Gasteiger partial charge < -0.3 is 5.32 Å². The fraction of sp³-hybridized carbons (Fsp3) is 0.385. The van der Waals surface area contributed by atoms with Gasteiger partial charge in [-0.05, 0) is 25.0 Å². The molecule has 0 heterocycles. The van der Waals surface area contributed by atoms with Crippen LogP contribution in [0.25, 0.3) is 0 Å². The standard InChI is InChI=1S/C13H14FN3O3/c1-3-13(4-2,8-15)12(18)16-10-6-5-9(14)7-11(10)17(19)20/h5-7H,3-4H2,1-2H3,(H,16,18). The number of nitrogens with zero attached hydrogens (tertiary/aromatic N) is 2. The Kier molecular flexibility index (Phi) is 4.75. The van der Waals surface area contributed by atoms with Crippen LogP contribution in [0.3, 0.4) is 0 Å². The van der Waals surface area contributed by atoms with E-state index >= 15 is 0 Å². The van der Waals surface area contributed by atoms with Crippen molar-refractivity contribution in [2.24, 2.45) is 5.41 Å². The molecule has 7 heteroatoms. The number of nitriles is 1. The smallest absolute Gasteiger partial charge is 0.295 e. The predicted octanol–water partition coefficient (Wildman–Crippen LogP) is 3.00. The zero-order valence-electron chi connectivity index (χ0n) is 11.1. The van der Waals surface area contributed by atoms with Crippen molar-refractivity contribution in [1.29, 1.82) is 5.26 Å². The quantitative estimate of drug-likeness (QED) is 0.661. The zero-order chi connectivity index (χ0) is 15.3. The number of rotatable bonds is 5. The number of nitro groups is 1. The van der Waals surface area contributed by atoms with Crippen molar-refractivity contribution in [3.05, 3.63) is 34.1 Å². The highest BCUT2D eigenvalue weighted by molar-refractivity contribution is 5.98. The number of halogens is 1. The van der Waals surface area contributed by atoms with Crippen LogP contribution in [0.2, 0.25) is 0 Å². The van der Waals surface area contributed by atoms with Crippen LogP contribution in [-0.2, 0) is 4.79 Å². The third kappa shape index (κ3) is 2.91. The first-order valence-corrected chi connectivity index (χ1v) is 6.06. The molecule has 1 N–H and O–H groups in total. The minimum absolute atomic E-state index is 0.122. The molecule has 20 heavy (non-hydrogen) atoms. The van der Waals surface area contributed by atoms with Gasteiger partial charge in [0.25, 0.3) is 5.69 Å². The number of nitrogens with one attached hydrogen (secondary N) is 1. The number of nitro benzene ring substituents is 1. The molecular formula is C13H14FN3O3. The van der Waals surface area contributed by atoms with E-state index in [-0.39, 0.29) is 18.5 Å². The van der Waals surface area contributed by atoms with Gasteiger partial charge in [0, 0.05) is 0 Å². The molecule has 0 atom stereocenters. The summed E-state index contributed by atoms with van der Waals surface area (Å²) in [5.74, 6) is -1.40. The SMILES string of the molecule is CCC(C#N)(CC)C(=O)Nc1ccc(F)cc1[N+](=O)[O-]. The van der Waals surface area contributed by atoms with E-state index < -0.39 is 27.8 Å². The van der Waals surface area contributed by atoms with Crippen molar-refractivity contribution in [1.82, 2.24) is 0 Å². The van der Waals surface area contributed by atoms with Gasteiger partial charge in [-0.1, -0.05) is 13.8 Å². The summed E-state index contributed by atoms with van der Waals surface area (Å²) in [4.78, 5) is 22.2. The summed E-state index contributed by atoms with van der Waals surface area (Å²) in [6, 6.07) is 4.78. The van der Waals surface area contributed by atoms with Crippen LogP contribution in [0.15, 0.2) is 18.2 Å². The summed E-state index contributed by atoms with van der Waals surface area (Å²) in [7, 11) is 0. The minimum atomic E-state index is -1.25. The van der Waals surface area contributed by atoms with Crippen molar-refractivity contribution in [3.63, 3.8) is 0 Å². The lowest BCUT2D eigenvalue weighted by atomic mass is 9.83. The first-order chi connectivity index (χ1) is 9.40. The first kappa shape index (κ1) is 15.6. The average molecular weight is 279 g/mol. The first-order valence-electron chi connectivity index (χ1n) is 6.06. The molecule has 1 aromatic carbocycles. The summed E-state index contributed by atoms with van der Waals surface area (Å²) >= 11 is 0. The molecule has 0 aliphatic rings. The largest absolute Gasteiger partial charge is 0.319 e. The van der Waals surface area contributed by atoms with Crippen molar-refractivity contribution in [3.8, 4) is 6.07 Å². The van der Waals surface area contributed by atoms with E-state index in [0.29, 0.717) is 0 Å². The lowest BCUT2D eigenvalue weighted by molar-refractivity contribution is -0.384. The van der Waals surface area contributed by atoms with E-state index in [1.54, 1.807) is 13.8 Å². The van der Waals surface area contributed by atoms with E-state index in [4.69, 9.17) is 5.26 Å². The van der Waals surface area contributed by atoms with Crippen LogP contribution in [0.4, 0.5) is 15.8 Å². The van der Waals surface area contributed by atoms with Gasteiger partial charge >= 0.3 is 0 Å². The van der Waals surface area contributed by atoms with Gasteiger partial charge in [-0.15, -0.1) is 0 Å². The Labute approximate surface area is 115 Å². The van der Waals surface area contributed by atoms with Crippen molar-refractivity contribution in [2.45, 2.75) is 26.7 Å². The molecule has 0 aliphatic carbocycles. The highest BCUT2D eigenvalue weighted by atomic mass is 19.1. The van der Waals surface area contributed by atoms with Gasteiger partial charge in [0.2, 0.25) is 5.91 Å². The van der Waals surface area contributed by atoms with Crippen LogP contribution in [0.5, 0.6) is 0 Å². The van der Waals surface area contributed by atoms with Gasteiger partial charge in [-0.2, -0.15) is 5.26 Å². The third-order valence-corrected chi connectivity index (χ3v) is 3.26. The topological polar surface area (TPSA) is 96.0 Å². The predicted molar refractivity (Wildman–Crippen MR) is 70.3 cm³/mol. The Hall–Kier alpha value is -2.49. The number of hydrogen-bond acceptors (Lipinski definition) is 4. The number of carbonyl (C=O) groups excluding carboxylic acids is 1. The molecule has 0 spiro atoms. The van der Waals surface area contributed by atoms with Gasteiger partial charge in [0.1, 0.15) is 16.9 Å². The molecule has 0 aromatic heterocycles. The highest BCUT2D eigenvalue weighted by Crippen LogP contribution is 2.30. The molecule has 0 saturated carbocycles. The zero-order valence-corrected chi connectivity index (χ0v) is 11.1. The van der Waals surface area contributed by atoms with Crippen LogP contribution >= 0.6 is 0 Å². The average Bonchev–Trinajstić information content (AvgIpc) is 2.43. The summed E-state index contributed by atoms with van der Waals surface area (Å²) in [6.07, 6.45) is 0.557. The number of anilines is 1. The molecule has 1 aromatic rings.